The van der Waals surface area contributed by atoms with E-state index in [1.54, 1.807) is 0 Å². The number of likely N-dealkylation sites (tertiary alicyclic amines) is 1. The van der Waals surface area contributed by atoms with Gasteiger partial charge in [-0.25, -0.2) is 4.79 Å². The van der Waals surface area contributed by atoms with Crippen LogP contribution in [-0.2, 0) is 4.79 Å². The molecule has 0 saturated carbocycles. The third-order valence-corrected chi connectivity index (χ3v) is 3.41. The first-order valence-corrected chi connectivity index (χ1v) is 6.87. The summed E-state index contributed by atoms with van der Waals surface area (Å²) in [5.74, 6) is -0.749. The highest BCUT2D eigenvalue weighted by molar-refractivity contribution is 5.74. The van der Waals surface area contributed by atoms with Crippen molar-refractivity contribution in [3.8, 4) is 0 Å². The second kappa shape index (κ2) is 7.95. The fourth-order valence-electron chi connectivity index (χ4n) is 2.27. The number of piperidine rings is 1. The highest BCUT2D eigenvalue weighted by atomic mass is 16.4. The molecule has 0 aromatic rings. The van der Waals surface area contributed by atoms with E-state index in [1.165, 1.54) is 6.42 Å². The second-order valence-electron chi connectivity index (χ2n) is 4.97. The Morgan fingerprint density at radius 1 is 1.28 bits per heavy atom. The number of rotatable bonds is 6. The van der Waals surface area contributed by atoms with Crippen molar-refractivity contribution in [2.45, 2.75) is 57.9 Å². The summed E-state index contributed by atoms with van der Waals surface area (Å²) in [4.78, 5) is 24.1. The molecular formula is C13H24N2O3. The highest BCUT2D eigenvalue weighted by Gasteiger charge is 2.22. The highest BCUT2D eigenvalue weighted by Crippen LogP contribution is 2.16. The fourth-order valence-corrected chi connectivity index (χ4v) is 2.27. The molecule has 1 atom stereocenters. The molecule has 0 bridgehead atoms. The van der Waals surface area contributed by atoms with E-state index in [9.17, 15) is 9.59 Å². The Kier molecular flexibility index (Phi) is 6.54. The van der Waals surface area contributed by atoms with Gasteiger partial charge in [0.2, 0.25) is 0 Å². The number of carbonyl (C=O) groups is 2. The van der Waals surface area contributed by atoms with E-state index in [0.717, 1.165) is 32.2 Å². The summed E-state index contributed by atoms with van der Waals surface area (Å²) in [7, 11) is 0. The summed E-state index contributed by atoms with van der Waals surface area (Å²) in [6.07, 6.45) is 5.99. The molecule has 0 aromatic carbocycles. The van der Waals surface area contributed by atoms with Crippen molar-refractivity contribution in [3.05, 3.63) is 0 Å². The van der Waals surface area contributed by atoms with Crippen LogP contribution in [0.2, 0.25) is 0 Å². The molecule has 5 heteroatoms. The second-order valence-corrected chi connectivity index (χ2v) is 4.97. The first-order chi connectivity index (χ1) is 8.61. The molecular weight excluding hydrogens is 232 g/mol. The van der Waals surface area contributed by atoms with Gasteiger partial charge < -0.3 is 15.3 Å². The van der Waals surface area contributed by atoms with Crippen molar-refractivity contribution in [3.63, 3.8) is 0 Å². The van der Waals surface area contributed by atoms with E-state index in [1.807, 2.05) is 4.90 Å². The van der Waals surface area contributed by atoms with Crippen LogP contribution in [0, 0.1) is 0 Å². The van der Waals surface area contributed by atoms with Gasteiger partial charge in [-0.15, -0.1) is 0 Å². The van der Waals surface area contributed by atoms with Crippen molar-refractivity contribution in [1.29, 1.82) is 0 Å². The number of carbonyl (C=O) groups excluding carboxylic acids is 1. The largest absolute Gasteiger partial charge is 0.481 e. The van der Waals surface area contributed by atoms with Crippen LogP contribution in [0.4, 0.5) is 4.79 Å². The molecule has 5 nitrogen and oxygen atoms in total. The van der Waals surface area contributed by atoms with Gasteiger partial charge in [0.05, 0.1) is 0 Å². The number of urea groups is 1. The molecule has 0 spiro atoms. The Bertz CT molecular complexity index is 281. The van der Waals surface area contributed by atoms with E-state index in [-0.39, 0.29) is 12.5 Å². The van der Waals surface area contributed by atoms with Gasteiger partial charge in [-0.3, -0.25) is 4.79 Å². The van der Waals surface area contributed by atoms with Gasteiger partial charge in [-0.05, 0) is 39.0 Å². The van der Waals surface area contributed by atoms with Crippen LogP contribution in [0.25, 0.3) is 0 Å². The van der Waals surface area contributed by atoms with E-state index in [2.05, 4.69) is 12.2 Å². The molecule has 0 aromatic heterocycles. The lowest BCUT2D eigenvalue weighted by Gasteiger charge is -2.33. The molecule has 0 aliphatic carbocycles. The van der Waals surface area contributed by atoms with Gasteiger partial charge >= 0.3 is 12.0 Å². The Morgan fingerprint density at radius 2 is 2.06 bits per heavy atom. The van der Waals surface area contributed by atoms with Gasteiger partial charge in [-0.1, -0.05) is 6.42 Å². The summed E-state index contributed by atoms with van der Waals surface area (Å²) in [5, 5.41) is 11.4. The molecule has 2 N–H and O–H groups in total. The number of unbranched alkanes of at least 4 members (excludes halogenated alkanes) is 2. The summed E-state index contributed by atoms with van der Waals surface area (Å²) < 4.78 is 0. The van der Waals surface area contributed by atoms with Crippen molar-refractivity contribution in [1.82, 2.24) is 10.2 Å². The molecule has 1 unspecified atom stereocenters. The quantitative estimate of drug-likeness (QED) is 0.716. The van der Waals surface area contributed by atoms with Crippen LogP contribution >= 0.6 is 0 Å². The van der Waals surface area contributed by atoms with Gasteiger partial charge in [0.25, 0.3) is 0 Å². The lowest BCUT2D eigenvalue weighted by atomic mass is 10.0. The number of carboxylic acids is 1. The van der Waals surface area contributed by atoms with Crippen LogP contribution < -0.4 is 5.32 Å². The Balaban J connectivity index is 2.07. The summed E-state index contributed by atoms with van der Waals surface area (Å²) in [6.45, 7) is 3.58. The molecule has 0 radical (unpaired) electrons. The zero-order chi connectivity index (χ0) is 13.4. The number of nitrogens with one attached hydrogen (secondary N) is 1. The number of nitrogens with zero attached hydrogens (tertiary/aromatic N) is 1. The van der Waals surface area contributed by atoms with Gasteiger partial charge in [0.15, 0.2) is 0 Å². The number of carboxylic acid groups (broad SMARTS) is 1. The third-order valence-electron chi connectivity index (χ3n) is 3.41. The molecule has 1 saturated heterocycles. The van der Waals surface area contributed by atoms with Crippen LogP contribution in [-0.4, -0.2) is 41.1 Å². The number of amides is 2. The monoisotopic (exact) mass is 256 g/mol. The maximum absolute atomic E-state index is 11.9. The minimum atomic E-state index is -0.749. The van der Waals surface area contributed by atoms with Crippen LogP contribution in [0.15, 0.2) is 0 Å². The normalized spacial score (nSPS) is 19.6. The van der Waals surface area contributed by atoms with Crippen molar-refractivity contribution in [2.24, 2.45) is 0 Å². The summed E-state index contributed by atoms with van der Waals surface area (Å²) >= 11 is 0. The SMILES string of the molecule is CC1CCCCN1C(=O)NCCCCCC(=O)O. The average Bonchev–Trinajstić information content (AvgIpc) is 2.33. The summed E-state index contributed by atoms with van der Waals surface area (Å²) in [6, 6.07) is 0.367. The molecule has 1 aliphatic rings. The lowest BCUT2D eigenvalue weighted by Crippen LogP contribution is -2.47. The Hall–Kier alpha value is -1.26. The number of hydrogen-bond acceptors (Lipinski definition) is 2. The molecule has 104 valence electrons. The molecule has 1 fully saturated rings. The van der Waals surface area contributed by atoms with E-state index >= 15 is 0 Å². The standard InChI is InChI=1S/C13H24N2O3/c1-11-7-4-6-10-15(11)13(18)14-9-5-2-3-8-12(16)17/h11H,2-10H2,1H3,(H,14,18)(H,16,17). The van der Waals surface area contributed by atoms with Crippen LogP contribution in [0.1, 0.15) is 51.9 Å². The zero-order valence-electron chi connectivity index (χ0n) is 11.2. The molecule has 18 heavy (non-hydrogen) atoms. The first-order valence-electron chi connectivity index (χ1n) is 6.87. The zero-order valence-corrected chi connectivity index (χ0v) is 11.2. The Labute approximate surface area is 109 Å². The van der Waals surface area contributed by atoms with Gasteiger partial charge in [-0.2, -0.15) is 0 Å². The van der Waals surface area contributed by atoms with Crippen LogP contribution in [0.5, 0.6) is 0 Å². The number of hydrogen-bond donors (Lipinski definition) is 2. The fraction of sp³-hybridized carbons (Fsp3) is 0.846. The molecule has 1 aliphatic heterocycles. The maximum atomic E-state index is 11.9. The number of aliphatic carboxylic acids is 1. The van der Waals surface area contributed by atoms with E-state index in [4.69, 9.17) is 5.11 Å². The topological polar surface area (TPSA) is 69.6 Å². The van der Waals surface area contributed by atoms with Crippen molar-refractivity contribution < 1.29 is 14.7 Å². The smallest absolute Gasteiger partial charge is 0.317 e. The molecule has 1 heterocycles. The van der Waals surface area contributed by atoms with Crippen molar-refractivity contribution >= 4 is 12.0 Å². The Morgan fingerprint density at radius 3 is 2.72 bits per heavy atom. The van der Waals surface area contributed by atoms with E-state index in [0.29, 0.717) is 19.0 Å². The minimum absolute atomic E-state index is 0.0282. The lowest BCUT2D eigenvalue weighted by molar-refractivity contribution is -0.137. The first kappa shape index (κ1) is 14.8. The third kappa shape index (κ3) is 5.38. The van der Waals surface area contributed by atoms with Crippen LogP contribution in [0.3, 0.4) is 0 Å². The van der Waals surface area contributed by atoms with Gasteiger partial charge in [0, 0.05) is 25.6 Å². The predicted molar refractivity (Wildman–Crippen MR) is 69.5 cm³/mol. The minimum Gasteiger partial charge on any atom is -0.481 e. The molecule has 1 rings (SSSR count). The van der Waals surface area contributed by atoms with E-state index < -0.39 is 5.97 Å². The maximum Gasteiger partial charge on any atom is 0.317 e. The average molecular weight is 256 g/mol. The van der Waals surface area contributed by atoms with Gasteiger partial charge in [0.1, 0.15) is 0 Å². The predicted octanol–water partition coefficient (Wildman–Crippen LogP) is 2.22. The van der Waals surface area contributed by atoms with Crippen molar-refractivity contribution in [2.75, 3.05) is 13.1 Å². The summed E-state index contributed by atoms with van der Waals surface area (Å²) in [5.41, 5.74) is 0. The molecule has 2 amide bonds.